The summed E-state index contributed by atoms with van der Waals surface area (Å²) in [5, 5.41) is 2.83. The Bertz CT molecular complexity index is 2860. The van der Waals surface area contributed by atoms with E-state index in [2.05, 4.69) is 9.58 Å². The van der Waals surface area contributed by atoms with E-state index in [4.69, 9.17) is 0 Å². The van der Waals surface area contributed by atoms with Crippen molar-refractivity contribution < 1.29 is 43.3 Å². The van der Waals surface area contributed by atoms with E-state index in [-0.39, 0.29) is 19.6 Å². The number of benzene rings is 6. The Morgan fingerprint density at radius 1 is 0.407 bits per heavy atom. The lowest BCUT2D eigenvalue weighted by atomic mass is 10.1. The van der Waals surface area contributed by atoms with Crippen molar-refractivity contribution in [1.29, 1.82) is 0 Å². The molecule has 54 heavy (non-hydrogen) atoms. The van der Waals surface area contributed by atoms with Gasteiger partial charge in [0.15, 0.2) is 0 Å². The van der Waals surface area contributed by atoms with Crippen LogP contribution in [0.4, 0.5) is 0 Å². The van der Waals surface area contributed by atoms with Crippen molar-refractivity contribution in [2.24, 2.45) is 0 Å². The molecule has 0 N–H and O–H groups in total. The van der Waals surface area contributed by atoms with E-state index in [1.54, 1.807) is 113 Å². The van der Waals surface area contributed by atoms with Gasteiger partial charge in [-0.15, -0.1) is 9.58 Å². The van der Waals surface area contributed by atoms with Gasteiger partial charge >= 0.3 is 8.75 Å². The Kier molecular flexibility index (Phi) is 11.0. The third-order valence-electron chi connectivity index (χ3n) is 8.39. The highest BCUT2D eigenvalue weighted by molar-refractivity contribution is 8.31. The van der Waals surface area contributed by atoms with E-state index in [1.165, 1.54) is 36.4 Å². The predicted octanol–water partition coefficient (Wildman–Crippen LogP) is 6.58. The number of fused-ring (bicyclic) bond motifs is 2. The summed E-state index contributed by atoms with van der Waals surface area (Å²) in [6.07, 6.45) is 0. The second-order valence-electron chi connectivity index (χ2n) is 12.3. The first-order valence-corrected chi connectivity index (χ1v) is 21.9. The SMILES string of the molecule is Cc1ccc(S(=O)(=O)C(=[N+]=[N-])S(=O)(=O)c2ccc(C)cc2C)c(C)c1.[N-]=[N+]=C(S(=O)(=O)c1ccc2ccccc2c1)S(=O)(=O)c1ccc2ccccc2c1. The smallest absolute Gasteiger partial charge is 0.359 e. The van der Waals surface area contributed by atoms with Gasteiger partial charge in [-0.25, -0.2) is 33.7 Å². The summed E-state index contributed by atoms with van der Waals surface area (Å²) in [6.45, 7) is 6.69. The third-order valence-corrected chi connectivity index (χ3v) is 17.0. The van der Waals surface area contributed by atoms with Crippen LogP contribution < -0.4 is 0 Å². The molecule has 0 atom stereocenters. The summed E-state index contributed by atoms with van der Waals surface area (Å²) in [4.78, 5) is 4.38. The van der Waals surface area contributed by atoms with Crippen LogP contribution in [0, 0.1) is 27.7 Å². The molecular formula is C38H32N4O8S4. The van der Waals surface area contributed by atoms with Crippen molar-refractivity contribution in [2.75, 3.05) is 0 Å². The van der Waals surface area contributed by atoms with Gasteiger partial charge in [-0.2, -0.15) is 0 Å². The molecule has 0 bridgehead atoms. The van der Waals surface area contributed by atoms with Gasteiger partial charge in [0.2, 0.25) is 0 Å². The highest BCUT2D eigenvalue weighted by atomic mass is 32.3. The molecular weight excluding hydrogens is 769 g/mol. The van der Waals surface area contributed by atoms with E-state index in [0.29, 0.717) is 21.9 Å². The molecule has 0 aliphatic carbocycles. The van der Waals surface area contributed by atoms with E-state index in [0.717, 1.165) is 21.9 Å². The third kappa shape index (κ3) is 7.57. The van der Waals surface area contributed by atoms with Gasteiger partial charge in [-0.1, -0.05) is 96.1 Å². The zero-order valence-corrected chi connectivity index (χ0v) is 32.5. The molecule has 0 amide bonds. The van der Waals surface area contributed by atoms with Crippen LogP contribution >= 0.6 is 0 Å². The zero-order valence-electron chi connectivity index (χ0n) is 29.2. The fourth-order valence-corrected chi connectivity index (χ4v) is 12.9. The fourth-order valence-electron chi connectivity index (χ4n) is 5.76. The normalized spacial score (nSPS) is 11.9. The summed E-state index contributed by atoms with van der Waals surface area (Å²) < 4.78 is 101. The predicted molar refractivity (Wildman–Crippen MR) is 206 cm³/mol. The average Bonchev–Trinajstić information content (AvgIpc) is 3.11. The molecule has 6 aromatic rings. The minimum absolute atomic E-state index is 0.209. The van der Waals surface area contributed by atoms with Gasteiger partial charge in [0.1, 0.15) is 0 Å². The highest BCUT2D eigenvalue weighted by Crippen LogP contribution is 2.27. The molecule has 0 unspecified atom stereocenters. The van der Waals surface area contributed by atoms with Crippen LogP contribution in [-0.2, 0) is 39.3 Å². The minimum atomic E-state index is -4.59. The fraction of sp³-hybridized carbons (Fsp3) is 0.105. The molecule has 0 aromatic heterocycles. The van der Waals surface area contributed by atoms with Crippen LogP contribution in [0.2, 0.25) is 0 Å². The van der Waals surface area contributed by atoms with Gasteiger partial charge in [0, 0.05) is 0 Å². The largest absolute Gasteiger partial charge is 0.504 e. The van der Waals surface area contributed by atoms with Crippen LogP contribution in [0.1, 0.15) is 22.3 Å². The summed E-state index contributed by atoms with van der Waals surface area (Å²) in [5.74, 6) is 0. The maximum absolute atomic E-state index is 13.0. The first-order chi connectivity index (χ1) is 25.3. The standard InChI is InChI=1S/C21H14N2O4S2.C17H18N2O4S2/c22-23-21(28(24,25)19-11-9-15-5-1-3-7-17(15)13-19)29(26,27)20-12-10-16-6-2-4-8-18(16)14-20;1-11-5-7-15(13(3)9-11)24(20,21)17(19-18)25(22,23)16-8-6-12(2)10-14(16)4/h1-14H;5-10H,1-4H3. The number of hydrogen-bond donors (Lipinski definition) is 0. The quantitative estimate of drug-likeness (QED) is 0.0821. The van der Waals surface area contributed by atoms with Crippen molar-refractivity contribution in [3.8, 4) is 0 Å². The van der Waals surface area contributed by atoms with Gasteiger partial charge < -0.3 is 11.1 Å². The topological polar surface area (TPSA) is 209 Å². The number of nitrogens with zero attached hydrogens (tertiary/aromatic N) is 4. The molecule has 0 saturated heterocycles. The lowest BCUT2D eigenvalue weighted by Gasteiger charge is -2.08. The number of sulfone groups is 4. The lowest BCUT2D eigenvalue weighted by Crippen LogP contribution is -2.27. The van der Waals surface area contributed by atoms with Crippen LogP contribution in [0.3, 0.4) is 0 Å². The lowest BCUT2D eigenvalue weighted by molar-refractivity contribution is 0.00349. The van der Waals surface area contributed by atoms with Gasteiger partial charge in [0.25, 0.3) is 39.3 Å². The maximum atomic E-state index is 13.0. The molecule has 12 nitrogen and oxygen atoms in total. The summed E-state index contributed by atoms with van der Waals surface area (Å²) in [6, 6.07) is 31.5. The molecule has 0 fully saturated rings. The Hall–Kier alpha value is -5.60. The first kappa shape index (κ1) is 39.6. The number of hydrogen-bond acceptors (Lipinski definition) is 8. The van der Waals surface area contributed by atoms with E-state index in [1.807, 2.05) is 0 Å². The first-order valence-electron chi connectivity index (χ1n) is 15.9. The van der Waals surface area contributed by atoms with Crippen LogP contribution in [0.25, 0.3) is 32.6 Å². The summed E-state index contributed by atoms with van der Waals surface area (Å²) in [7, 11) is -18.2. The minimum Gasteiger partial charge on any atom is -0.359 e. The Morgan fingerprint density at radius 2 is 0.741 bits per heavy atom. The van der Waals surface area contributed by atoms with Gasteiger partial charge in [-0.3, -0.25) is 0 Å². The highest BCUT2D eigenvalue weighted by Gasteiger charge is 2.46. The molecule has 6 rings (SSSR count). The van der Waals surface area contributed by atoms with Crippen LogP contribution in [-0.4, -0.2) is 52.0 Å². The maximum Gasteiger partial charge on any atom is 0.504 e. The van der Waals surface area contributed by atoms with E-state index < -0.39 is 48.1 Å². The second-order valence-corrected chi connectivity index (χ2v) is 20.2. The van der Waals surface area contributed by atoms with Crippen molar-refractivity contribution in [1.82, 2.24) is 0 Å². The van der Waals surface area contributed by atoms with Crippen LogP contribution in [0.15, 0.2) is 141 Å². The van der Waals surface area contributed by atoms with E-state index in [9.17, 15) is 44.7 Å². The van der Waals surface area contributed by atoms with Gasteiger partial charge in [0.05, 0.1) is 19.6 Å². The number of aryl methyl sites for hydroxylation is 4. The van der Waals surface area contributed by atoms with Crippen molar-refractivity contribution in [3.63, 3.8) is 0 Å². The molecule has 0 radical (unpaired) electrons. The monoisotopic (exact) mass is 800 g/mol. The average molecular weight is 801 g/mol. The molecule has 16 heteroatoms. The Balaban J connectivity index is 0.000000210. The number of rotatable bonds is 4. The molecule has 0 heterocycles. The molecule has 6 aromatic carbocycles. The Labute approximate surface area is 313 Å². The van der Waals surface area contributed by atoms with E-state index >= 15 is 0 Å². The molecule has 276 valence electrons. The van der Waals surface area contributed by atoms with Crippen molar-refractivity contribution in [3.05, 3.63) is 155 Å². The summed E-state index contributed by atoms with van der Waals surface area (Å²) in [5.41, 5.74) is 21.0. The molecule has 0 spiro atoms. The van der Waals surface area contributed by atoms with Crippen LogP contribution in [0.5, 0.6) is 0 Å². The molecule has 0 aliphatic heterocycles. The molecule has 0 aliphatic rings. The van der Waals surface area contributed by atoms with Crippen molar-refractivity contribution in [2.45, 2.75) is 47.3 Å². The summed E-state index contributed by atoms with van der Waals surface area (Å²) >= 11 is 0. The Morgan fingerprint density at radius 3 is 1.07 bits per heavy atom. The zero-order chi connectivity index (χ0) is 39.6. The second kappa shape index (κ2) is 15.0. The molecule has 0 saturated carbocycles. The van der Waals surface area contributed by atoms with Crippen molar-refractivity contribution >= 4 is 69.6 Å². The van der Waals surface area contributed by atoms with Gasteiger partial charge in [-0.05, 0) is 96.8 Å².